The van der Waals surface area contributed by atoms with E-state index in [1.165, 1.54) is 6.07 Å². The van der Waals surface area contributed by atoms with E-state index in [0.717, 1.165) is 5.56 Å². The number of carboxylic acids is 1. The van der Waals surface area contributed by atoms with Gasteiger partial charge < -0.3 is 14.4 Å². The second-order valence-corrected chi connectivity index (χ2v) is 3.86. The molecule has 2 rings (SSSR count). The monoisotopic (exact) mass is 258 g/mol. The number of nitriles is 1. The van der Waals surface area contributed by atoms with Crippen LogP contribution in [-0.2, 0) is 6.61 Å². The van der Waals surface area contributed by atoms with E-state index in [2.05, 4.69) is 5.16 Å². The van der Waals surface area contributed by atoms with E-state index < -0.39 is 5.97 Å². The van der Waals surface area contributed by atoms with Crippen molar-refractivity contribution in [2.45, 2.75) is 13.5 Å². The van der Waals surface area contributed by atoms with Gasteiger partial charge in [-0.1, -0.05) is 11.2 Å². The highest BCUT2D eigenvalue weighted by molar-refractivity contribution is 5.85. The van der Waals surface area contributed by atoms with Crippen LogP contribution in [0.25, 0.3) is 0 Å². The Bertz CT molecular complexity index is 655. The fourth-order valence-electron chi connectivity index (χ4n) is 1.46. The number of aromatic carboxylic acids is 1. The van der Waals surface area contributed by atoms with Crippen LogP contribution in [0.15, 0.2) is 28.8 Å². The van der Waals surface area contributed by atoms with Crippen LogP contribution in [0.1, 0.15) is 27.4 Å². The number of hydrogen-bond acceptors (Lipinski definition) is 5. The zero-order valence-electron chi connectivity index (χ0n) is 10.1. The van der Waals surface area contributed by atoms with Crippen LogP contribution >= 0.6 is 0 Å². The quantitative estimate of drug-likeness (QED) is 0.902. The lowest BCUT2D eigenvalue weighted by Gasteiger charge is -2.07. The summed E-state index contributed by atoms with van der Waals surface area (Å²) in [5.41, 5.74) is 1.20. The Morgan fingerprint density at radius 2 is 2.32 bits per heavy atom. The van der Waals surface area contributed by atoms with Gasteiger partial charge >= 0.3 is 5.97 Å². The lowest BCUT2D eigenvalue weighted by atomic mass is 10.1. The summed E-state index contributed by atoms with van der Waals surface area (Å²) in [6.07, 6.45) is 0. The van der Waals surface area contributed by atoms with Crippen LogP contribution in [0.3, 0.4) is 0 Å². The van der Waals surface area contributed by atoms with Gasteiger partial charge in [-0.05, 0) is 24.6 Å². The minimum Gasteiger partial charge on any atom is -0.485 e. The highest BCUT2D eigenvalue weighted by Crippen LogP contribution is 2.20. The molecule has 0 aliphatic rings. The largest absolute Gasteiger partial charge is 0.485 e. The van der Waals surface area contributed by atoms with Crippen LogP contribution in [0, 0.1) is 18.3 Å². The molecule has 96 valence electrons. The molecule has 2 aromatic rings. The molecule has 0 amide bonds. The third-order valence-corrected chi connectivity index (χ3v) is 2.47. The summed E-state index contributed by atoms with van der Waals surface area (Å²) >= 11 is 0. The molecule has 1 heterocycles. The van der Waals surface area contributed by atoms with Crippen LogP contribution in [0.2, 0.25) is 0 Å². The van der Waals surface area contributed by atoms with E-state index in [1.54, 1.807) is 18.2 Å². The molecule has 6 heteroatoms. The van der Waals surface area contributed by atoms with E-state index in [0.29, 0.717) is 17.1 Å². The van der Waals surface area contributed by atoms with Crippen molar-refractivity contribution in [3.63, 3.8) is 0 Å². The van der Waals surface area contributed by atoms with Crippen LogP contribution in [0.4, 0.5) is 0 Å². The van der Waals surface area contributed by atoms with E-state index in [4.69, 9.17) is 19.6 Å². The molecule has 0 atom stereocenters. The molecule has 0 saturated heterocycles. The maximum Gasteiger partial charge on any atom is 0.358 e. The van der Waals surface area contributed by atoms with Gasteiger partial charge in [-0.3, -0.25) is 0 Å². The number of nitrogens with zero attached hydrogens (tertiary/aromatic N) is 2. The third-order valence-electron chi connectivity index (χ3n) is 2.47. The molecule has 0 aliphatic carbocycles. The molecule has 19 heavy (non-hydrogen) atoms. The van der Waals surface area contributed by atoms with Gasteiger partial charge in [0.15, 0.2) is 11.5 Å². The number of ether oxygens (including phenoxy) is 1. The number of carboxylic acid groups (broad SMARTS) is 1. The molecule has 1 aromatic carbocycles. The van der Waals surface area contributed by atoms with Gasteiger partial charge in [0, 0.05) is 6.07 Å². The summed E-state index contributed by atoms with van der Waals surface area (Å²) in [4.78, 5) is 10.6. The van der Waals surface area contributed by atoms with Gasteiger partial charge in [0.05, 0.1) is 11.6 Å². The van der Waals surface area contributed by atoms with Gasteiger partial charge in [0.25, 0.3) is 0 Å². The first-order valence-corrected chi connectivity index (χ1v) is 5.42. The smallest absolute Gasteiger partial charge is 0.358 e. The summed E-state index contributed by atoms with van der Waals surface area (Å²) in [6.45, 7) is 1.90. The Balaban J connectivity index is 2.09. The highest BCUT2D eigenvalue weighted by atomic mass is 16.5. The van der Waals surface area contributed by atoms with E-state index in [1.807, 2.05) is 13.0 Å². The molecular weight excluding hydrogens is 248 g/mol. The number of rotatable bonds is 4. The van der Waals surface area contributed by atoms with Crippen molar-refractivity contribution < 1.29 is 19.2 Å². The minimum atomic E-state index is -1.15. The van der Waals surface area contributed by atoms with Crippen LogP contribution in [-0.4, -0.2) is 16.2 Å². The topological polar surface area (TPSA) is 96.3 Å². The Morgan fingerprint density at radius 3 is 2.95 bits per heavy atom. The molecule has 0 aliphatic heterocycles. The van der Waals surface area contributed by atoms with E-state index in [9.17, 15) is 4.79 Å². The normalized spacial score (nSPS) is 9.89. The first-order valence-electron chi connectivity index (χ1n) is 5.42. The molecule has 0 saturated carbocycles. The van der Waals surface area contributed by atoms with Crippen molar-refractivity contribution in [2.75, 3.05) is 0 Å². The summed E-state index contributed by atoms with van der Waals surface area (Å²) in [7, 11) is 0. The van der Waals surface area contributed by atoms with Gasteiger partial charge in [-0.15, -0.1) is 0 Å². The average Bonchev–Trinajstić information content (AvgIpc) is 2.87. The maximum atomic E-state index is 10.6. The van der Waals surface area contributed by atoms with Crippen LogP contribution < -0.4 is 4.74 Å². The van der Waals surface area contributed by atoms with Crippen LogP contribution in [0.5, 0.6) is 5.75 Å². The van der Waals surface area contributed by atoms with Crippen molar-refractivity contribution >= 4 is 5.97 Å². The second kappa shape index (κ2) is 5.23. The zero-order valence-corrected chi connectivity index (χ0v) is 10.1. The molecule has 0 unspecified atom stereocenters. The van der Waals surface area contributed by atoms with Crippen molar-refractivity contribution in [3.8, 4) is 11.8 Å². The Kier molecular flexibility index (Phi) is 3.48. The van der Waals surface area contributed by atoms with Gasteiger partial charge in [0.1, 0.15) is 12.4 Å². The predicted octanol–water partition coefficient (Wildman–Crippen LogP) is 2.13. The highest BCUT2D eigenvalue weighted by Gasteiger charge is 2.11. The van der Waals surface area contributed by atoms with Crippen molar-refractivity contribution in [1.29, 1.82) is 5.26 Å². The summed E-state index contributed by atoms with van der Waals surface area (Å²) < 4.78 is 10.3. The number of benzene rings is 1. The number of carbonyl (C=O) groups is 1. The second-order valence-electron chi connectivity index (χ2n) is 3.86. The summed E-state index contributed by atoms with van der Waals surface area (Å²) in [5, 5.41) is 20.9. The van der Waals surface area contributed by atoms with Gasteiger partial charge in [-0.25, -0.2) is 4.79 Å². The first kappa shape index (κ1) is 12.6. The molecule has 0 bridgehead atoms. The van der Waals surface area contributed by atoms with E-state index >= 15 is 0 Å². The maximum absolute atomic E-state index is 10.6. The molecule has 6 nitrogen and oxygen atoms in total. The Labute approximate surface area is 108 Å². The molecule has 1 aromatic heterocycles. The summed E-state index contributed by atoms with van der Waals surface area (Å²) in [5.74, 6) is -0.302. The van der Waals surface area contributed by atoms with Crippen molar-refractivity contribution in [1.82, 2.24) is 5.16 Å². The fourth-order valence-corrected chi connectivity index (χ4v) is 1.46. The van der Waals surface area contributed by atoms with Crippen molar-refractivity contribution in [2.24, 2.45) is 0 Å². The molecule has 0 radical (unpaired) electrons. The van der Waals surface area contributed by atoms with Gasteiger partial charge in [0.2, 0.25) is 0 Å². The van der Waals surface area contributed by atoms with Crippen molar-refractivity contribution in [3.05, 3.63) is 46.8 Å². The average molecular weight is 258 g/mol. The molecular formula is C13H10N2O4. The minimum absolute atomic E-state index is 0.0516. The molecule has 0 spiro atoms. The standard InChI is InChI=1S/C13H10N2O4/c1-8-2-3-9(6-14)4-12(8)18-7-10-5-11(13(16)17)15-19-10/h2-5H,7H2,1H3,(H,16,17). The Morgan fingerprint density at radius 1 is 1.53 bits per heavy atom. The lowest BCUT2D eigenvalue weighted by Crippen LogP contribution is -1.97. The summed E-state index contributed by atoms with van der Waals surface area (Å²) in [6, 6.07) is 8.40. The first-order chi connectivity index (χ1) is 9.10. The zero-order chi connectivity index (χ0) is 13.8. The fraction of sp³-hybridized carbons (Fsp3) is 0.154. The SMILES string of the molecule is Cc1ccc(C#N)cc1OCc1cc(C(=O)O)no1. The Hall–Kier alpha value is -2.81. The predicted molar refractivity (Wildman–Crippen MR) is 63.7 cm³/mol. The number of hydrogen-bond donors (Lipinski definition) is 1. The third kappa shape index (κ3) is 2.90. The molecule has 0 fully saturated rings. The van der Waals surface area contributed by atoms with E-state index in [-0.39, 0.29) is 12.3 Å². The lowest BCUT2D eigenvalue weighted by molar-refractivity contribution is 0.0685. The number of aromatic nitrogens is 1. The molecule has 1 N–H and O–H groups in total. The number of aryl methyl sites for hydroxylation is 1. The van der Waals surface area contributed by atoms with Gasteiger partial charge in [-0.2, -0.15) is 5.26 Å².